The number of esters is 3. The van der Waals surface area contributed by atoms with Crippen LogP contribution in [0.5, 0.6) is 0 Å². The molecule has 1 atom stereocenters. The largest absolute Gasteiger partial charge is 0.462 e. The minimum Gasteiger partial charge on any atom is -0.462 e. The molecule has 6 heteroatoms. The Kier molecular flexibility index (Phi) is 64.7. The Morgan fingerprint density at radius 2 is 0.487 bits per heavy atom. The number of hydrogen-bond donors (Lipinski definition) is 0. The number of unbranched alkanes of at least 4 members (excludes halogenated alkanes) is 35. The van der Waals surface area contributed by atoms with Gasteiger partial charge in [0.1, 0.15) is 13.2 Å². The van der Waals surface area contributed by atoms with Crippen LogP contribution in [-0.2, 0) is 28.6 Å². The van der Waals surface area contributed by atoms with Gasteiger partial charge in [0.15, 0.2) is 6.10 Å². The van der Waals surface area contributed by atoms with Crippen molar-refractivity contribution in [2.24, 2.45) is 0 Å². The highest BCUT2D eigenvalue weighted by Gasteiger charge is 2.19. The lowest BCUT2D eigenvalue weighted by molar-refractivity contribution is -0.167. The number of rotatable bonds is 62. The SMILES string of the molecule is CC/C=C\C/C=C\C/C=C\C/C=C\C/C=C\CCCCCC(=O)OCC(COC(=O)CCCCCCCCCC/C=C\C/C=C\C/C=C\CCCCCCC)OC(=O)CCCCCCCCCCCCCCCCCCCCCC. The van der Waals surface area contributed by atoms with Crippen LogP contribution < -0.4 is 0 Å². The standard InChI is InChI=1S/C74H128O6/c1-4-7-10-13-16-19-22-25-28-31-34-36-37-38-41-43-46-49-52-55-58-61-64-67-73(76)79-70-71(69-78-72(75)66-63-60-57-54-51-48-45-42-39-33-30-27-24-21-18-15-12-9-6-3)80-74(77)68-65-62-59-56-53-50-47-44-40-35-32-29-26-23-20-17-14-11-8-5-2/h9,12,18,21-22,25,27,30-31,34,37-39,42,48,51,71H,4-8,10-11,13-17,19-20,23-24,26,28-29,32-33,35-36,40-41,43-47,49-50,52-70H2,1-3H3/b12-9-,21-18-,25-22-,30-27-,34-31-,38-37-,42-39-,51-48-. The molecule has 0 aromatic heterocycles. The molecule has 0 aliphatic rings. The van der Waals surface area contributed by atoms with E-state index in [0.717, 1.165) is 116 Å². The summed E-state index contributed by atoms with van der Waals surface area (Å²) in [6.07, 6.45) is 91.3. The van der Waals surface area contributed by atoms with E-state index >= 15 is 0 Å². The molecule has 0 heterocycles. The van der Waals surface area contributed by atoms with Gasteiger partial charge in [-0.15, -0.1) is 0 Å². The van der Waals surface area contributed by atoms with Crippen LogP contribution in [0.2, 0.25) is 0 Å². The Hall–Kier alpha value is -3.67. The molecule has 80 heavy (non-hydrogen) atoms. The van der Waals surface area contributed by atoms with Gasteiger partial charge in [0.2, 0.25) is 0 Å². The van der Waals surface area contributed by atoms with E-state index in [4.69, 9.17) is 14.2 Å². The number of ether oxygens (including phenoxy) is 3. The average molecular weight is 1110 g/mol. The third-order valence-corrected chi connectivity index (χ3v) is 14.8. The van der Waals surface area contributed by atoms with Gasteiger partial charge in [-0.3, -0.25) is 14.4 Å². The summed E-state index contributed by atoms with van der Waals surface area (Å²) in [6.45, 7) is 6.53. The van der Waals surface area contributed by atoms with Crippen LogP contribution in [0.15, 0.2) is 97.2 Å². The van der Waals surface area contributed by atoms with Crippen LogP contribution in [-0.4, -0.2) is 37.2 Å². The van der Waals surface area contributed by atoms with E-state index in [-0.39, 0.29) is 31.1 Å². The summed E-state index contributed by atoms with van der Waals surface area (Å²) >= 11 is 0. The summed E-state index contributed by atoms with van der Waals surface area (Å²) in [6, 6.07) is 0. The molecule has 0 N–H and O–H groups in total. The lowest BCUT2D eigenvalue weighted by Gasteiger charge is -2.18. The molecule has 0 aliphatic carbocycles. The van der Waals surface area contributed by atoms with Gasteiger partial charge < -0.3 is 14.2 Å². The predicted molar refractivity (Wildman–Crippen MR) is 348 cm³/mol. The van der Waals surface area contributed by atoms with Crippen LogP contribution in [0, 0.1) is 0 Å². The van der Waals surface area contributed by atoms with Gasteiger partial charge in [0, 0.05) is 19.3 Å². The molecule has 0 saturated carbocycles. The molecule has 0 rings (SSSR count). The number of hydrogen-bond acceptors (Lipinski definition) is 6. The highest BCUT2D eigenvalue weighted by Crippen LogP contribution is 2.17. The van der Waals surface area contributed by atoms with Gasteiger partial charge in [-0.25, -0.2) is 0 Å². The first-order valence-corrected chi connectivity index (χ1v) is 34.2. The van der Waals surface area contributed by atoms with Crippen molar-refractivity contribution >= 4 is 17.9 Å². The van der Waals surface area contributed by atoms with Gasteiger partial charge in [0.05, 0.1) is 0 Å². The second-order valence-corrected chi connectivity index (χ2v) is 22.7. The third kappa shape index (κ3) is 65.1. The Bertz CT molecular complexity index is 1560. The number of carbonyl (C=O) groups excluding carboxylic acids is 3. The second kappa shape index (κ2) is 67.8. The minimum atomic E-state index is -0.796. The maximum absolute atomic E-state index is 13.0. The van der Waals surface area contributed by atoms with Crippen molar-refractivity contribution < 1.29 is 28.6 Å². The summed E-state index contributed by atoms with van der Waals surface area (Å²) in [4.78, 5) is 38.4. The minimum absolute atomic E-state index is 0.0901. The third-order valence-electron chi connectivity index (χ3n) is 14.8. The Morgan fingerprint density at radius 1 is 0.263 bits per heavy atom. The van der Waals surface area contributed by atoms with Crippen molar-refractivity contribution in [2.75, 3.05) is 13.2 Å². The van der Waals surface area contributed by atoms with Gasteiger partial charge >= 0.3 is 17.9 Å². The van der Waals surface area contributed by atoms with Crippen molar-refractivity contribution in [2.45, 2.75) is 341 Å². The summed E-state index contributed by atoms with van der Waals surface area (Å²) in [5, 5.41) is 0. The van der Waals surface area contributed by atoms with Gasteiger partial charge in [-0.1, -0.05) is 311 Å². The van der Waals surface area contributed by atoms with Crippen LogP contribution >= 0.6 is 0 Å². The van der Waals surface area contributed by atoms with E-state index in [1.807, 2.05) is 0 Å². The fourth-order valence-electron chi connectivity index (χ4n) is 9.71. The maximum Gasteiger partial charge on any atom is 0.306 e. The van der Waals surface area contributed by atoms with E-state index in [1.165, 1.54) is 180 Å². The lowest BCUT2D eigenvalue weighted by atomic mass is 10.0. The maximum atomic E-state index is 13.0. The van der Waals surface area contributed by atoms with Crippen LogP contribution in [0.3, 0.4) is 0 Å². The molecule has 0 amide bonds. The van der Waals surface area contributed by atoms with Crippen molar-refractivity contribution in [3.05, 3.63) is 97.2 Å². The topological polar surface area (TPSA) is 78.9 Å². The van der Waals surface area contributed by atoms with Gasteiger partial charge in [-0.05, 0) is 103 Å². The monoisotopic (exact) mass is 1110 g/mol. The highest BCUT2D eigenvalue weighted by atomic mass is 16.6. The van der Waals surface area contributed by atoms with E-state index in [2.05, 4.69) is 118 Å². The first kappa shape index (κ1) is 76.3. The van der Waals surface area contributed by atoms with Crippen LogP contribution in [0.1, 0.15) is 335 Å². The highest BCUT2D eigenvalue weighted by molar-refractivity contribution is 5.71. The number of allylic oxidation sites excluding steroid dienone is 16. The zero-order valence-electron chi connectivity index (χ0n) is 52.8. The molecule has 0 spiro atoms. The molecule has 460 valence electrons. The van der Waals surface area contributed by atoms with E-state index in [9.17, 15) is 14.4 Å². The smallest absolute Gasteiger partial charge is 0.306 e. The summed E-state index contributed by atoms with van der Waals surface area (Å²) in [5.74, 6) is -0.914. The zero-order valence-corrected chi connectivity index (χ0v) is 52.8. The van der Waals surface area contributed by atoms with Crippen molar-refractivity contribution in [3.8, 4) is 0 Å². The average Bonchev–Trinajstić information content (AvgIpc) is 3.46. The van der Waals surface area contributed by atoms with Crippen molar-refractivity contribution in [3.63, 3.8) is 0 Å². The summed E-state index contributed by atoms with van der Waals surface area (Å²) in [7, 11) is 0. The van der Waals surface area contributed by atoms with Crippen molar-refractivity contribution in [1.29, 1.82) is 0 Å². The molecule has 0 radical (unpaired) electrons. The Balaban J connectivity index is 4.42. The molecule has 0 bridgehead atoms. The quantitative estimate of drug-likeness (QED) is 0.0261. The molecular formula is C74H128O6. The van der Waals surface area contributed by atoms with E-state index < -0.39 is 6.10 Å². The molecular weight excluding hydrogens is 985 g/mol. The zero-order chi connectivity index (χ0) is 57.8. The fraction of sp³-hybridized carbons (Fsp3) is 0.743. The Morgan fingerprint density at radius 3 is 0.775 bits per heavy atom. The first-order valence-electron chi connectivity index (χ1n) is 34.2. The molecule has 0 aromatic carbocycles. The van der Waals surface area contributed by atoms with Gasteiger partial charge in [-0.2, -0.15) is 0 Å². The predicted octanol–water partition coefficient (Wildman–Crippen LogP) is 23.6. The summed E-state index contributed by atoms with van der Waals surface area (Å²) < 4.78 is 17.0. The molecule has 6 nitrogen and oxygen atoms in total. The summed E-state index contributed by atoms with van der Waals surface area (Å²) in [5.41, 5.74) is 0. The van der Waals surface area contributed by atoms with E-state index in [0.29, 0.717) is 19.3 Å². The van der Waals surface area contributed by atoms with E-state index in [1.54, 1.807) is 0 Å². The normalized spacial score (nSPS) is 12.7. The molecule has 1 unspecified atom stereocenters. The second-order valence-electron chi connectivity index (χ2n) is 22.7. The molecule has 0 aromatic rings. The molecule has 0 fully saturated rings. The lowest BCUT2D eigenvalue weighted by Crippen LogP contribution is -2.30. The molecule has 0 saturated heterocycles. The fourth-order valence-corrected chi connectivity index (χ4v) is 9.71. The number of carbonyl (C=O) groups is 3. The van der Waals surface area contributed by atoms with Crippen molar-refractivity contribution in [1.82, 2.24) is 0 Å². The Labute approximate surface area is 496 Å². The van der Waals surface area contributed by atoms with Crippen LogP contribution in [0.4, 0.5) is 0 Å². The first-order chi connectivity index (χ1) is 39.5. The molecule has 0 aliphatic heterocycles. The van der Waals surface area contributed by atoms with Crippen LogP contribution in [0.25, 0.3) is 0 Å². The van der Waals surface area contributed by atoms with Gasteiger partial charge in [0.25, 0.3) is 0 Å².